The van der Waals surface area contributed by atoms with Gasteiger partial charge in [-0.2, -0.15) is 0 Å². The van der Waals surface area contributed by atoms with Crippen LogP contribution >= 0.6 is 0 Å². The minimum absolute atomic E-state index is 0.0366. The van der Waals surface area contributed by atoms with Crippen molar-refractivity contribution in [3.8, 4) is 0 Å². The van der Waals surface area contributed by atoms with Crippen molar-refractivity contribution >= 4 is 35.6 Å². The number of carbonyl (C=O) groups excluding carboxylic acids is 4. The fraction of sp³-hybridized carbons (Fsp3) is 0.647. The Morgan fingerprint density at radius 1 is 0.906 bits per heavy atom. The number of nitrogens with two attached hydrogens (primary N) is 4. The highest BCUT2D eigenvalue weighted by Gasteiger charge is 2.28. The van der Waals surface area contributed by atoms with Crippen LogP contribution in [0.5, 0.6) is 0 Å². The lowest BCUT2D eigenvalue weighted by Gasteiger charge is -2.23. The first-order chi connectivity index (χ1) is 14.9. The van der Waals surface area contributed by atoms with Gasteiger partial charge in [-0.05, 0) is 26.2 Å². The third-order valence-corrected chi connectivity index (χ3v) is 4.16. The van der Waals surface area contributed by atoms with Crippen molar-refractivity contribution in [2.75, 3.05) is 13.2 Å². The summed E-state index contributed by atoms with van der Waals surface area (Å²) in [6, 6.07) is -4.99. The number of carboxylic acids is 1. The van der Waals surface area contributed by atoms with E-state index in [9.17, 15) is 29.1 Å². The molecular weight excluding hydrogens is 428 g/mol. The second-order valence-electron chi connectivity index (χ2n) is 6.93. The van der Waals surface area contributed by atoms with Crippen LogP contribution in [0.3, 0.4) is 0 Å². The fourth-order valence-corrected chi connectivity index (χ4v) is 2.35. The SMILES string of the molecule is CC(NC(=O)C(CCC(N)=O)NC(=O)C(N)CO)C(=O)NC(CCCN=C(N)N)C(=O)O. The second kappa shape index (κ2) is 14.5. The van der Waals surface area contributed by atoms with Crippen molar-refractivity contribution in [3.63, 3.8) is 0 Å². The monoisotopic (exact) mass is 460 g/mol. The second-order valence-corrected chi connectivity index (χ2v) is 6.93. The zero-order valence-corrected chi connectivity index (χ0v) is 17.7. The van der Waals surface area contributed by atoms with Gasteiger partial charge in [-0.25, -0.2) is 4.79 Å². The Kier molecular flexibility index (Phi) is 13.0. The first kappa shape index (κ1) is 28.5. The Bertz CT molecular complexity index is 711. The molecular formula is C17H32N8O7. The number of nitrogens with one attached hydrogen (secondary N) is 3. The summed E-state index contributed by atoms with van der Waals surface area (Å²) in [5.41, 5.74) is 20.8. The third kappa shape index (κ3) is 11.7. The molecule has 0 fully saturated rings. The molecule has 0 aromatic rings. The van der Waals surface area contributed by atoms with E-state index in [0.717, 1.165) is 0 Å². The van der Waals surface area contributed by atoms with Crippen molar-refractivity contribution in [2.45, 2.75) is 56.8 Å². The van der Waals surface area contributed by atoms with Crippen LogP contribution in [0.25, 0.3) is 0 Å². The highest BCUT2D eigenvalue weighted by atomic mass is 16.4. The van der Waals surface area contributed by atoms with Crippen molar-refractivity contribution in [1.29, 1.82) is 0 Å². The van der Waals surface area contributed by atoms with Gasteiger partial charge in [-0.15, -0.1) is 0 Å². The van der Waals surface area contributed by atoms with Gasteiger partial charge in [0.2, 0.25) is 23.6 Å². The molecule has 13 N–H and O–H groups in total. The van der Waals surface area contributed by atoms with Gasteiger partial charge in [0, 0.05) is 13.0 Å². The van der Waals surface area contributed by atoms with Gasteiger partial charge in [0.1, 0.15) is 24.2 Å². The molecule has 32 heavy (non-hydrogen) atoms. The summed E-state index contributed by atoms with van der Waals surface area (Å²) in [4.78, 5) is 62.8. The minimum Gasteiger partial charge on any atom is -0.480 e. The van der Waals surface area contributed by atoms with E-state index < -0.39 is 60.4 Å². The summed E-state index contributed by atoms with van der Waals surface area (Å²) in [6.45, 7) is 0.804. The van der Waals surface area contributed by atoms with Crippen LogP contribution in [0, 0.1) is 0 Å². The number of primary amides is 1. The van der Waals surface area contributed by atoms with Crippen molar-refractivity contribution in [1.82, 2.24) is 16.0 Å². The number of hydrogen-bond acceptors (Lipinski definition) is 8. The van der Waals surface area contributed by atoms with Crippen LogP contribution in [-0.4, -0.2) is 83.1 Å². The largest absolute Gasteiger partial charge is 0.480 e. The molecule has 0 aliphatic rings. The number of aliphatic imine (C=N–C) groups is 1. The van der Waals surface area contributed by atoms with E-state index >= 15 is 0 Å². The van der Waals surface area contributed by atoms with Gasteiger partial charge in [0.15, 0.2) is 5.96 Å². The van der Waals surface area contributed by atoms with Crippen LogP contribution in [-0.2, 0) is 24.0 Å². The molecule has 15 heteroatoms. The molecule has 0 radical (unpaired) electrons. The van der Waals surface area contributed by atoms with E-state index in [0.29, 0.717) is 0 Å². The topological polar surface area (TPSA) is 278 Å². The van der Waals surface area contributed by atoms with Crippen LogP contribution < -0.4 is 38.9 Å². The van der Waals surface area contributed by atoms with E-state index in [1.165, 1.54) is 6.92 Å². The zero-order valence-electron chi connectivity index (χ0n) is 17.7. The van der Waals surface area contributed by atoms with Crippen molar-refractivity contribution < 1.29 is 34.2 Å². The number of guanidine groups is 1. The smallest absolute Gasteiger partial charge is 0.326 e. The lowest BCUT2D eigenvalue weighted by Crippen LogP contribution is -2.56. The number of amides is 4. The predicted molar refractivity (Wildman–Crippen MR) is 113 cm³/mol. The minimum atomic E-state index is -1.30. The molecule has 0 spiro atoms. The zero-order chi connectivity index (χ0) is 24.8. The summed E-state index contributed by atoms with van der Waals surface area (Å²) in [5.74, 6) is -4.62. The molecule has 0 bridgehead atoms. The number of aliphatic hydroxyl groups is 1. The summed E-state index contributed by atoms with van der Waals surface area (Å²) in [5, 5.41) is 25.1. The number of aliphatic hydroxyl groups excluding tert-OH is 1. The highest BCUT2D eigenvalue weighted by molar-refractivity contribution is 5.94. The van der Waals surface area contributed by atoms with E-state index in [-0.39, 0.29) is 38.2 Å². The number of hydrogen-bond donors (Lipinski definition) is 9. The predicted octanol–water partition coefficient (Wildman–Crippen LogP) is -4.82. The average molecular weight is 460 g/mol. The standard InChI is InChI=1S/C17H32N8O7/c1-8(13(28)25-11(16(31)32)3-2-6-22-17(20)21)23-15(30)10(4-5-12(19)27)24-14(29)9(18)7-26/h8-11,26H,2-7,18H2,1H3,(H2,19,27)(H,23,30)(H,24,29)(H,25,28)(H,31,32)(H4,20,21,22). The number of nitrogens with zero attached hydrogens (tertiary/aromatic N) is 1. The van der Waals surface area contributed by atoms with Crippen LogP contribution in [0.4, 0.5) is 0 Å². The van der Waals surface area contributed by atoms with E-state index in [2.05, 4.69) is 20.9 Å². The number of carbonyl (C=O) groups is 5. The first-order valence-electron chi connectivity index (χ1n) is 9.73. The van der Waals surface area contributed by atoms with Gasteiger partial charge in [-0.1, -0.05) is 0 Å². The Balaban J connectivity index is 5.01. The van der Waals surface area contributed by atoms with E-state index in [4.69, 9.17) is 28.0 Å². The van der Waals surface area contributed by atoms with E-state index in [1.54, 1.807) is 0 Å². The van der Waals surface area contributed by atoms with Crippen LogP contribution in [0.1, 0.15) is 32.6 Å². The molecule has 0 aromatic carbocycles. The molecule has 0 aromatic heterocycles. The van der Waals surface area contributed by atoms with Crippen LogP contribution in [0.2, 0.25) is 0 Å². The number of aliphatic carboxylic acids is 1. The molecule has 4 amide bonds. The molecule has 0 rings (SSSR count). The van der Waals surface area contributed by atoms with Gasteiger partial charge in [0.25, 0.3) is 0 Å². The Morgan fingerprint density at radius 2 is 1.50 bits per heavy atom. The van der Waals surface area contributed by atoms with E-state index in [1.807, 2.05) is 0 Å². The van der Waals surface area contributed by atoms with Gasteiger partial charge in [0.05, 0.1) is 6.61 Å². The Hall–Kier alpha value is -3.46. The molecule has 4 unspecified atom stereocenters. The van der Waals surface area contributed by atoms with Gasteiger partial charge >= 0.3 is 5.97 Å². The Morgan fingerprint density at radius 3 is 2.00 bits per heavy atom. The quantitative estimate of drug-likeness (QED) is 0.0638. The number of rotatable bonds is 15. The lowest BCUT2D eigenvalue weighted by atomic mass is 10.1. The summed E-state index contributed by atoms with van der Waals surface area (Å²) < 4.78 is 0. The maximum Gasteiger partial charge on any atom is 0.326 e. The highest BCUT2D eigenvalue weighted by Crippen LogP contribution is 2.02. The molecule has 0 saturated heterocycles. The van der Waals surface area contributed by atoms with Gasteiger partial charge in [-0.3, -0.25) is 24.2 Å². The maximum absolute atomic E-state index is 12.5. The molecule has 0 aliphatic carbocycles. The van der Waals surface area contributed by atoms with Gasteiger partial charge < -0.3 is 49.1 Å². The Labute approximate surface area is 184 Å². The molecule has 182 valence electrons. The molecule has 0 aliphatic heterocycles. The lowest BCUT2D eigenvalue weighted by molar-refractivity contribution is -0.142. The first-order valence-corrected chi connectivity index (χ1v) is 9.73. The van der Waals surface area contributed by atoms with Crippen molar-refractivity contribution in [2.24, 2.45) is 27.9 Å². The summed E-state index contributed by atoms with van der Waals surface area (Å²) >= 11 is 0. The third-order valence-electron chi connectivity index (χ3n) is 4.16. The molecule has 0 saturated carbocycles. The van der Waals surface area contributed by atoms with Crippen molar-refractivity contribution in [3.05, 3.63) is 0 Å². The number of carboxylic acid groups (broad SMARTS) is 1. The fourth-order valence-electron chi connectivity index (χ4n) is 2.35. The normalized spacial score (nSPS) is 14.2. The average Bonchev–Trinajstić information content (AvgIpc) is 2.71. The molecule has 0 heterocycles. The molecule has 15 nitrogen and oxygen atoms in total. The molecule has 4 atom stereocenters. The summed E-state index contributed by atoms with van der Waals surface area (Å²) in [6.07, 6.45) is -0.108. The maximum atomic E-state index is 12.5. The summed E-state index contributed by atoms with van der Waals surface area (Å²) in [7, 11) is 0. The van der Waals surface area contributed by atoms with Crippen LogP contribution in [0.15, 0.2) is 4.99 Å².